The van der Waals surface area contributed by atoms with E-state index in [1.807, 2.05) is 6.08 Å². The quantitative estimate of drug-likeness (QED) is 0.514. The summed E-state index contributed by atoms with van der Waals surface area (Å²) in [6, 6.07) is 8.51. The first-order chi connectivity index (χ1) is 13.6. The zero-order valence-corrected chi connectivity index (χ0v) is 18.0. The van der Waals surface area contributed by atoms with Gasteiger partial charge in [0, 0.05) is 30.6 Å². The standard InChI is InChI=1S/C22H25N3OS2/c1-3-9-25-21(26)19(28-22(25)27)14-17-13-16-12-15(2)7-8-18(16)23-20(17)24-10-5-4-6-11-24/h7-8,12-14H,3-6,9-11H2,1-2H3/b19-14-. The Morgan fingerprint density at radius 1 is 1.21 bits per heavy atom. The summed E-state index contributed by atoms with van der Waals surface area (Å²) in [4.78, 5) is 22.6. The minimum absolute atomic E-state index is 0.0192. The van der Waals surface area contributed by atoms with Gasteiger partial charge >= 0.3 is 0 Å². The van der Waals surface area contributed by atoms with E-state index in [0.717, 1.165) is 41.8 Å². The van der Waals surface area contributed by atoms with Gasteiger partial charge in [-0.3, -0.25) is 9.69 Å². The molecular formula is C22H25N3OS2. The van der Waals surface area contributed by atoms with E-state index in [-0.39, 0.29) is 5.91 Å². The van der Waals surface area contributed by atoms with Crippen LogP contribution in [0.15, 0.2) is 29.2 Å². The fourth-order valence-corrected chi connectivity index (χ4v) is 5.12. The van der Waals surface area contributed by atoms with Crippen molar-refractivity contribution < 1.29 is 4.79 Å². The van der Waals surface area contributed by atoms with Gasteiger partial charge in [0.15, 0.2) is 0 Å². The third-order valence-electron chi connectivity index (χ3n) is 5.24. The molecule has 4 rings (SSSR count). The van der Waals surface area contributed by atoms with E-state index < -0.39 is 0 Å². The molecule has 6 heteroatoms. The number of benzene rings is 1. The Kier molecular flexibility index (Phi) is 5.69. The molecule has 1 aromatic heterocycles. The number of thioether (sulfide) groups is 1. The second kappa shape index (κ2) is 8.21. The van der Waals surface area contributed by atoms with Crippen LogP contribution in [0.2, 0.25) is 0 Å². The minimum atomic E-state index is 0.0192. The Balaban J connectivity index is 1.80. The molecule has 4 nitrogen and oxygen atoms in total. The van der Waals surface area contributed by atoms with E-state index in [4.69, 9.17) is 17.2 Å². The lowest BCUT2D eigenvalue weighted by molar-refractivity contribution is -0.122. The molecule has 0 radical (unpaired) electrons. The van der Waals surface area contributed by atoms with Gasteiger partial charge in [-0.1, -0.05) is 42.5 Å². The molecule has 2 aromatic rings. The van der Waals surface area contributed by atoms with Gasteiger partial charge < -0.3 is 4.90 Å². The van der Waals surface area contributed by atoms with E-state index in [1.165, 1.54) is 36.6 Å². The van der Waals surface area contributed by atoms with Gasteiger partial charge in [-0.05, 0) is 56.9 Å². The third kappa shape index (κ3) is 3.80. The molecule has 2 aliphatic rings. The smallest absolute Gasteiger partial charge is 0.266 e. The summed E-state index contributed by atoms with van der Waals surface area (Å²) in [5.74, 6) is 1.00. The third-order valence-corrected chi connectivity index (χ3v) is 6.62. The van der Waals surface area contributed by atoms with Gasteiger partial charge in [-0.25, -0.2) is 4.98 Å². The van der Waals surface area contributed by atoms with Crippen LogP contribution in [0.4, 0.5) is 5.82 Å². The van der Waals surface area contributed by atoms with Crippen LogP contribution in [0.1, 0.15) is 43.7 Å². The predicted molar refractivity (Wildman–Crippen MR) is 123 cm³/mol. The number of rotatable bonds is 4. The molecule has 2 aliphatic heterocycles. The lowest BCUT2D eigenvalue weighted by Crippen LogP contribution is -2.31. The van der Waals surface area contributed by atoms with Crippen molar-refractivity contribution in [2.75, 3.05) is 24.5 Å². The Morgan fingerprint density at radius 3 is 2.75 bits per heavy atom. The molecule has 0 spiro atoms. The van der Waals surface area contributed by atoms with Crippen molar-refractivity contribution in [3.8, 4) is 0 Å². The fraction of sp³-hybridized carbons (Fsp3) is 0.409. The molecule has 0 saturated carbocycles. The van der Waals surface area contributed by atoms with Crippen molar-refractivity contribution >= 4 is 57.0 Å². The van der Waals surface area contributed by atoms with Crippen molar-refractivity contribution in [3.05, 3.63) is 40.3 Å². The molecule has 1 aromatic carbocycles. The highest BCUT2D eigenvalue weighted by Crippen LogP contribution is 2.35. The topological polar surface area (TPSA) is 36.4 Å². The average molecular weight is 412 g/mol. The molecule has 0 unspecified atom stereocenters. The highest BCUT2D eigenvalue weighted by Gasteiger charge is 2.31. The maximum Gasteiger partial charge on any atom is 0.266 e. The normalized spacial score (nSPS) is 19.3. The van der Waals surface area contributed by atoms with Crippen LogP contribution in [-0.4, -0.2) is 39.7 Å². The molecular weight excluding hydrogens is 386 g/mol. The average Bonchev–Trinajstić information content (AvgIpc) is 2.96. The fourth-order valence-electron chi connectivity index (χ4n) is 3.82. The van der Waals surface area contributed by atoms with Crippen LogP contribution in [0.25, 0.3) is 17.0 Å². The van der Waals surface area contributed by atoms with E-state index in [2.05, 4.69) is 43.0 Å². The van der Waals surface area contributed by atoms with E-state index in [9.17, 15) is 4.79 Å². The maximum absolute atomic E-state index is 12.8. The number of aryl methyl sites for hydroxylation is 1. The van der Waals surface area contributed by atoms with Crippen molar-refractivity contribution in [1.29, 1.82) is 0 Å². The number of piperidine rings is 1. The number of hydrogen-bond donors (Lipinski definition) is 0. The number of aromatic nitrogens is 1. The summed E-state index contributed by atoms with van der Waals surface area (Å²) < 4.78 is 0.655. The second-order valence-electron chi connectivity index (χ2n) is 7.48. The molecule has 0 aliphatic carbocycles. The van der Waals surface area contributed by atoms with Gasteiger partial charge in [-0.15, -0.1) is 0 Å². The number of carbonyl (C=O) groups excluding carboxylic acids is 1. The molecule has 0 N–H and O–H groups in total. The largest absolute Gasteiger partial charge is 0.356 e. The lowest BCUT2D eigenvalue weighted by Gasteiger charge is -2.29. The van der Waals surface area contributed by atoms with Crippen molar-refractivity contribution in [1.82, 2.24) is 9.88 Å². The number of thiocarbonyl (C=S) groups is 1. The molecule has 146 valence electrons. The lowest BCUT2D eigenvalue weighted by atomic mass is 10.1. The monoisotopic (exact) mass is 411 g/mol. The van der Waals surface area contributed by atoms with Crippen LogP contribution in [0, 0.1) is 6.92 Å². The zero-order chi connectivity index (χ0) is 19.7. The number of hydrogen-bond acceptors (Lipinski definition) is 5. The van der Waals surface area contributed by atoms with Crippen LogP contribution in [-0.2, 0) is 4.79 Å². The summed E-state index contributed by atoms with van der Waals surface area (Å²) in [7, 11) is 0. The van der Waals surface area contributed by atoms with Gasteiger partial charge in [0.25, 0.3) is 5.91 Å². The van der Waals surface area contributed by atoms with Crippen LogP contribution >= 0.6 is 24.0 Å². The van der Waals surface area contributed by atoms with Crippen molar-refractivity contribution in [2.24, 2.45) is 0 Å². The Labute approximate surface area is 176 Å². The first-order valence-electron chi connectivity index (χ1n) is 9.98. The van der Waals surface area contributed by atoms with Crippen molar-refractivity contribution in [2.45, 2.75) is 39.5 Å². The Morgan fingerprint density at radius 2 is 2.00 bits per heavy atom. The van der Waals surface area contributed by atoms with Crippen molar-refractivity contribution in [3.63, 3.8) is 0 Å². The number of fused-ring (bicyclic) bond motifs is 1. The predicted octanol–water partition coefficient (Wildman–Crippen LogP) is 5.14. The van der Waals surface area contributed by atoms with E-state index in [1.54, 1.807) is 4.90 Å². The summed E-state index contributed by atoms with van der Waals surface area (Å²) >= 11 is 6.83. The highest BCUT2D eigenvalue weighted by atomic mass is 32.2. The molecule has 0 bridgehead atoms. The summed E-state index contributed by atoms with van der Waals surface area (Å²) in [5.41, 5.74) is 3.22. The molecule has 1 amide bonds. The van der Waals surface area contributed by atoms with Gasteiger partial charge in [0.2, 0.25) is 0 Å². The maximum atomic E-state index is 12.8. The van der Waals surface area contributed by atoms with E-state index in [0.29, 0.717) is 15.8 Å². The summed E-state index contributed by atoms with van der Waals surface area (Å²) in [5, 5.41) is 1.11. The Bertz CT molecular complexity index is 964. The molecule has 3 heterocycles. The number of nitrogens with zero attached hydrogens (tertiary/aromatic N) is 3. The van der Waals surface area contributed by atoms with Crippen LogP contribution in [0.3, 0.4) is 0 Å². The first kappa shape index (κ1) is 19.4. The van der Waals surface area contributed by atoms with Crippen LogP contribution < -0.4 is 4.90 Å². The number of pyridine rings is 1. The van der Waals surface area contributed by atoms with Crippen LogP contribution in [0.5, 0.6) is 0 Å². The number of amides is 1. The molecule has 2 saturated heterocycles. The summed E-state index contributed by atoms with van der Waals surface area (Å²) in [6.45, 7) is 6.86. The minimum Gasteiger partial charge on any atom is -0.356 e. The number of anilines is 1. The highest BCUT2D eigenvalue weighted by molar-refractivity contribution is 8.26. The van der Waals surface area contributed by atoms with Gasteiger partial charge in [-0.2, -0.15) is 0 Å². The molecule has 2 fully saturated rings. The molecule has 0 atom stereocenters. The van der Waals surface area contributed by atoms with Gasteiger partial charge in [0.1, 0.15) is 10.1 Å². The Hall–Kier alpha value is -1.92. The summed E-state index contributed by atoms with van der Waals surface area (Å²) in [6.07, 6.45) is 6.54. The molecule has 28 heavy (non-hydrogen) atoms. The first-order valence-corrected chi connectivity index (χ1v) is 11.2. The SMILES string of the molecule is CCCN1C(=O)/C(=C/c2cc3cc(C)ccc3nc2N2CCCCC2)SC1=S. The van der Waals surface area contributed by atoms with Gasteiger partial charge in [0.05, 0.1) is 10.4 Å². The zero-order valence-electron chi connectivity index (χ0n) is 16.4. The number of carbonyl (C=O) groups is 1. The van der Waals surface area contributed by atoms with E-state index >= 15 is 0 Å². The second-order valence-corrected chi connectivity index (χ2v) is 9.15.